The molecule has 1 unspecified atom stereocenters. The van der Waals surface area contributed by atoms with E-state index < -0.39 is 5.97 Å². The van der Waals surface area contributed by atoms with Crippen molar-refractivity contribution in [3.05, 3.63) is 29.3 Å². The summed E-state index contributed by atoms with van der Waals surface area (Å²) in [5.74, 6) is -0.737. The zero-order valence-corrected chi connectivity index (χ0v) is 10.9. The summed E-state index contributed by atoms with van der Waals surface area (Å²) in [6.07, 6.45) is 0.181. The van der Waals surface area contributed by atoms with Crippen LogP contribution >= 0.6 is 0 Å². The molecule has 0 radical (unpaired) electrons. The molecule has 0 aromatic heterocycles. The summed E-state index contributed by atoms with van der Waals surface area (Å²) in [4.78, 5) is 13.2. The largest absolute Gasteiger partial charge is 0.481 e. The van der Waals surface area contributed by atoms with Crippen molar-refractivity contribution in [3.63, 3.8) is 0 Å². The molecule has 1 heterocycles. The third-order valence-corrected chi connectivity index (χ3v) is 3.43. The highest BCUT2D eigenvalue weighted by Crippen LogP contribution is 2.25. The smallest absolute Gasteiger partial charge is 0.305 e. The molecule has 18 heavy (non-hydrogen) atoms. The lowest BCUT2D eigenvalue weighted by molar-refractivity contribution is -0.137. The van der Waals surface area contributed by atoms with Crippen LogP contribution in [0.3, 0.4) is 0 Å². The van der Waals surface area contributed by atoms with Crippen molar-refractivity contribution in [2.24, 2.45) is 0 Å². The van der Waals surface area contributed by atoms with E-state index in [0.717, 1.165) is 19.6 Å². The molecule has 0 spiro atoms. The van der Waals surface area contributed by atoms with Gasteiger partial charge in [0.25, 0.3) is 0 Å². The van der Waals surface area contributed by atoms with Gasteiger partial charge in [-0.1, -0.05) is 12.1 Å². The number of aryl methyl sites for hydroxylation is 2. The monoisotopic (exact) mass is 248 g/mol. The first-order valence-corrected chi connectivity index (χ1v) is 6.34. The van der Waals surface area contributed by atoms with Gasteiger partial charge in [0, 0.05) is 25.3 Å². The first-order chi connectivity index (χ1) is 8.58. The Morgan fingerprint density at radius 3 is 3.00 bits per heavy atom. The number of carboxylic acids is 1. The van der Waals surface area contributed by atoms with E-state index in [-0.39, 0.29) is 12.5 Å². The van der Waals surface area contributed by atoms with E-state index >= 15 is 0 Å². The second kappa shape index (κ2) is 5.40. The lowest BCUT2D eigenvalue weighted by atomic mass is 10.0. The van der Waals surface area contributed by atoms with Gasteiger partial charge in [0.05, 0.1) is 12.5 Å². The fourth-order valence-electron chi connectivity index (χ4n) is 2.49. The topological polar surface area (TPSA) is 52.6 Å². The minimum atomic E-state index is -0.737. The highest BCUT2D eigenvalue weighted by Gasteiger charge is 2.25. The first kappa shape index (κ1) is 12.9. The van der Waals surface area contributed by atoms with Crippen LogP contribution in [0, 0.1) is 13.8 Å². The van der Waals surface area contributed by atoms with Crippen LogP contribution in [0.4, 0.5) is 5.69 Å². The Morgan fingerprint density at radius 1 is 1.50 bits per heavy atom. The van der Waals surface area contributed by atoms with Crippen LogP contribution in [0.2, 0.25) is 0 Å². The van der Waals surface area contributed by atoms with Crippen LogP contribution in [0.5, 0.6) is 0 Å². The van der Waals surface area contributed by atoms with Crippen LogP contribution in [0.1, 0.15) is 17.5 Å². The van der Waals surface area contributed by atoms with Gasteiger partial charge in [-0.25, -0.2) is 0 Å². The summed E-state index contributed by atoms with van der Waals surface area (Å²) in [5, 5.41) is 12.3. The van der Waals surface area contributed by atoms with Crippen molar-refractivity contribution >= 4 is 11.7 Å². The Balaban J connectivity index is 2.27. The van der Waals surface area contributed by atoms with Crippen molar-refractivity contribution in [1.29, 1.82) is 0 Å². The maximum Gasteiger partial charge on any atom is 0.305 e. The summed E-state index contributed by atoms with van der Waals surface area (Å²) in [7, 11) is 0. The predicted octanol–water partition coefficient (Wildman–Crippen LogP) is 1.56. The van der Waals surface area contributed by atoms with Crippen LogP contribution in [0.25, 0.3) is 0 Å². The Hall–Kier alpha value is -1.55. The van der Waals surface area contributed by atoms with Crippen LogP contribution in [0.15, 0.2) is 18.2 Å². The molecule has 4 heteroatoms. The molecular formula is C14H20N2O2. The molecule has 0 bridgehead atoms. The maximum absolute atomic E-state index is 10.9. The van der Waals surface area contributed by atoms with Crippen molar-refractivity contribution in [3.8, 4) is 0 Å². The van der Waals surface area contributed by atoms with E-state index in [0.29, 0.717) is 0 Å². The zero-order chi connectivity index (χ0) is 13.1. The summed E-state index contributed by atoms with van der Waals surface area (Å²) in [5.41, 5.74) is 3.59. The lowest BCUT2D eigenvalue weighted by Gasteiger charge is -2.38. The van der Waals surface area contributed by atoms with E-state index in [4.69, 9.17) is 5.11 Å². The highest BCUT2D eigenvalue weighted by molar-refractivity contribution is 5.69. The third-order valence-electron chi connectivity index (χ3n) is 3.43. The van der Waals surface area contributed by atoms with Gasteiger partial charge in [0.1, 0.15) is 0 Å². The quantitative estimate of drug-likeness (QED) is 0.852. The molecule has 1 aliphatic heterocycles. The standard InChI is InChI=1S/C14H20N2O2/c1-10-3-4-11(2)13(7-10)16-6-5-15-9-12(16)8-14(17)18/h3-4,7,12,15H,5-6,8-9H2,1-2H3,(H,17,18). The van der Waals surface area contributed by atoms with Gasteiger partial charge in [0.2, 0.25) is 0 Å². The molecular weight excluding hydrogens is 228 g/mol. The SMILES string of the molecule is Cc1ccc(C)c(N2CCNCC2CC(=O)O)c1. The summed E-state index contributed by atoms with van der Waals surface area (Å²) < 4.78 is 0. The van der Waals surface area contributed by atoms with Crippen molar-refractivity contribution in [2.45, 2.75) is 26.3 Å². The average Bonchev–Trinajstić information content (AvgIpc) is 2.32. The number of anilines is 1. The second-order valence-electron chi connectivity index (χ2n) is 4.94. The minimum absolute atomic E-state index is 0.0387. The molecule has 1 fully saturated rings. The molecule has 1 aliphatic rings. The number of aliphatic carboxylic acids is 1. The van der Waals surface area contributed by atoms with Crippen molar-refractivity contribution in [1.82, 2.24) is 5.32 Å². The molecule has 1 aromatic rings. The number of hydrogen-bond acceptors (Lipinski definition) is 3. The average molecular weight is 248 g/mol. The summed E-state index contributed by atoms with van der Waals surface area (Å²) in [6, 6.07) is 6.38. The Bertz CT molecular complexity index is 445. The maximum atomic E-state index is 10.9. The number of nitrogens with one attached hydrogen (secondary N) is 1. The number of carboxylic acid groups (broad SMARTS) is 1. The molecule has 0 amide bonds. The molecule has 1 saturated heterocycles. The fraction of sp³-hybridized carbons (Fsp3) is 0.500. The number of benzene rings is 1. The first-order valence-electron chi connectivity index (χ1n) is 6.34. The molecule has 4 nitrogen and oxygen atoms in total. The molecule has 0 aliphatic carbocycles. The molecule has 1 aromatic carbocycles. The Labute approximate surface area is 108 Å². The minimum Gasteiger partial charge on any atom is -0.481 e. The molecule has 98 valence electrons. The van der Waals surface area contributed by atoms with Crippen LogP contribution in [-0.4, -0.2) is 36.8 Å². The van der Waals surface area contributed by atoms with E-state index in [1.54, 1.807) is 0 Å². The summed E-state index contributed by atoms with van der Waals surface area (Å²) in [6.45, 7) is 6.65. The van der Waals surface area contributed by atoms with Crippen LogP contribution in [-0.2, 0) is 4.79 Å². The van der Waals surface area contributed by atoms with Gasteiger partial charge >= 0.3 is 5.97 Å². The Morgan fingerprint density at radius 2 is 2.28 bits per heavy atom. The Kier molecular flexibility index (Phi) is 3.87. The number of piperazine rings is 1. The number of hydrogen-bond donors (Lipinski definition) is 2. The fourth-order valence-corrected chi connectivity index (χ4v) is 2.49. The molecule has 2 N–H and O–H groups in total. The molecule has 2 rings (SSSR count). The normalized spacial score (nSPS) is 19.9. The highest BCUT2D eigenvalue weighted by atomic mass is 16.4. The van der Waals surface area contributed by atoms with E-state index in [2.05, 4.69) is 42.3 Å². The van der Waals surface area contributed by atoms with Gasteiger partial charge in [-0.2, -0.15) is 0 Å². The molecule has 1 atom stereocenters. The number of carbonyl (C=O) groups is 1. The van der Waals surface area contributed by atoms with E-state index in [9.17, 15) is 4.79 Å². The zero-order valence-electron chi connectivity index (χ0n) is 10.9. The number of nitrogens with zero attached hydrogens (tertiary/aromatic N) is 1. The van der Waals surface area contributed by atoms with E-state index in [1.807, 2.05) is 0 Å². The van der Waals surface area contributed by atoms with E-state index in [1.165, 1.54) is 16.8 Å². The van der Waals surface area contributed by atoms with Crippen LogP contribution < -0.4 is 10.2 Å². The van der Waals surface area contributed by atoms with Gasteiger partial charge in [-0.3, -0.25) is 4.79 Å². The van der Waals surface area contributed by atoms with Gasteiger partial charge in [0.15, 0.2) is 0 Å². The lowest BCUT2D eigenvalue weighted by Crippen LogP contribution is -2.52. The predicted molar refractivity (Wildman–Crippen MR) is 72.2 cm³/mol. The van der Waals surface area contributed by atoms with Gasteiger partial charge < -0.3 is 15.3 Å². The number of rotatable bonds is 3. The van der Waals surface area contributed by atoms with Gasteiger partial charge in [-0.15, -0.1) is 0 Å². The van der Waals surface area contributed by atoms with Gasteiger partial charge in [-0.05, 0) is 31.0 Å². The van der Waals surface area contributed by atoms with Crippen molar-refractivity contribution in [2.75, 3.05) is 24.5 Å². The second-order valence-corrected chi connectivity index (χ2v) is 4.94. The third kappa shape index (κ3) is 2.82. The summed E-state index contributed by atoms with van der Waals surface area (Å²) >= 11 is 0. The van der Waals surface area contributed by atoms with Crippen molar-refractivity contribution < 1.29 is 9.90 Å². The molecule has 0 saturated carbocycles.